The van der Waals surface area contributed by atoms with Gasteiger partial charge >= 0.3 is 0 Å². The van der Waals surface area contributed by atoms with Crippen LogP contribution < -0.4 is 15.6 Å². The summed E-state index contributed by atoms with van der Waals surface area (Å²) in [4.78, 5) is 28.6. The standard InChI is InChI=1S/C23H19N7O4/c31-20(14-29-15-25-17(13-22(29)32)18-7-4-11-33-18)24-10-12-34-21-9-8-19-26-27-23(30(19)28-21)16-5-2-1-3-6-16/h1-9,11,13,15H,10,12,14H2,(H,24,31). The van der Waals surface area contributed by atoms with E-state index in [4.69, 9.17) is 9.15 Å². The number of nitrogens with one attached hydrogen (secondary N) is 1. The second-order valence-electron chi connectivity index (χ2n) is 7.25. The molecular weight excluding hydrogens is 438 g/mol. The third-order valence-corrected chi connectivity index (χ3v) is 4.91. The van der Waals surface area contributed by atoms with E-state index in [1.165, 1.54) is 23.2 Å². The van der Waals surface area contributed by atoms with Crippen LogP contribution in [-0.2, 0) is 11.3 Å². The lowest BCUT2D eigenvalue weighted by Crippen LogP contribution is -2.34. The average molecular weight is 457 g/mol. The van der Waals surface area contributed by atoms with E-state index in [-0.39, 0.29) is 31.2 Å². The molecule has 11 nitrogen and oxygen atoms in total. The number of fused-ring (bicyclic) bond motifs is 1. The van der Waals surface area contributed by atoms with E-state index in [1.54, 1.807) is 28.8 Å². The molecule has 5 aromatic rings. The maximum Gasteiger partial charge on any atom is 0.254 e. The van der Waals surface area contributed by atoms with E-state index in [0.717, 1.165) is 5.56 Å². The van der Waals surface area contributed by atoms with E-state index >= 15 is 0 Å². The summed E-state index contributed by atoms with van der Waals surface area (Å²) in [5.41, 5.74) is 1.53. The molecule has 170 valence electrons. The van der Waals surface area contributed by atoms with Crippen LogP contribution >= 0.6 is 0 Å². The Bertz CT molecular complexity index is 1480. The van der Waals surface area contributed by atoms with Crippen molar-refractivity contribution in [1.29, 1.82) is 0 Å². The van der Waals surface area contributed by atoms with Crippen LogP contribution in [0.2, 0.25) is 0 Å². The second-order valence-corrected chi connectivity index (χ2v) is 7.25. The van der Waals surface area contributed by atoms with Gasteiger partial charge in [0.05, 0.1) is 19.1 Å². The van der Waals surface area contributed by atoms with Crippen LogP contribution in [0, 0.1) is 0 Å². The number of aromatic nitrogens is 6. The average Bonchev–Trinajstić information content (AvgIpc) is 3.54. The highest BCUT2D eigenvalue weighted by atomic mass is 16.5. The van der Waals surface area contributed by atoms with Crippen molar-refractivity contribution in [3.8, 4) is 28.7 Å². The van der Waals surface area contributed by atoms with Gasteiger partial charge in [0.2, 0.25) is 11.8 Å². The topological polar surface area (TPSA) is 129 Å². The van der Waals surface area contributed by atoms with Gasteiger partial charge in [0.15, 0.2) is 17.2 Å². The largest absolute Gasteiger partial charge is 0.475 e. The van der Waals surface area contributed by atoms with E-state index in [0.29, 0.717) is 28.8 Å². The molecule has 0 fully saturated rings. The number of furan rings is 1. The summed E-state index contributed by atoms with van der Waals surface area (Å²) in [6.07, 6.45) is 2.82. The molecule has 4 aromatic heterocycles. The molecule has 1 amide bonds. The number of ether oxygens (including phenoxy) is 1. The van der Waals surface area contributed by atoms with Crippen molar-refractivity contribution in [2.45, 2.75) is 6.54 Å². The van der Waals surface area contributed by atoms with Gasteiger partial charge in [-0.15, -0.1) is 15.3 Å². The monoisotopic (exact) mass is 457 g/mol. The maximum atomic E-state index is 12.3. The minimum absolute atomic E-state index is 0.157. The molecule has 34 heavy (non-hydrogen) atoms. The molecule has 0 spiro atoms. The Hall–Kier alpha value is -4.80. The smallest absolute Gasteiger partial charge is 0.254 e. The first kappa shape index (κ1) is 21.1. The molecule has 11 heteroatoms. The quantitative estimate of drug-likeness (QED) is 0.349. The summed E-state index contributed by atoms with van der Waals surface area (Å²) < 4.78 is 13.7. The molecule has 0 bridgehead atoms. The van der Waals surface area contributed by atoms with Crippen LogP contribution in [0.1, 0.15) is 0 Å². The molecule has 0 aliphatic heterocycles. The highest BCUT2D eigenvalue weighted by Crippen LogP contribution is 2.18. The van der Waals surface area contributed by atoms with Crippen molar-refractivity contribution in [1.82, 2.24) is 34.7 Å². The van der Waals surface area contributed by atoms with Gasteiger partial charge in [-0.1, -0.05) is 30.3 Å². The fraction of sp³-hybridized carbons (Fsp3) is 0.130. The molecule has 0 aliphatic rings. The fourth-order valence-electron chi connectivity index (χ4n) is 3.28. The summed E-state index contributed by atoms with van der Waals surface area (Å²) >= 11 is 0. The predicted octanol–water partition coefficient (Wildman–Crippen LogP) is 1.80. The number of carbonyl (C=O) groups is 1. The number of benzene rings is 1. The van der Waals surface area contributed by atoms with Gasteiger partial charge in [0, 0.05) is 17.7 Å². The number of nitrogens with zero attached hydrogens (tertiary/aromatic N) is 6. The predicted molar refractivity (Wildman–Crippen MR) is 121 cm³/mol. The van der Waals surface area contributed by atoms with Crippen LogP contribution in [0.3, 0.4) is 0 Å². The van der Waals surface area contributed by atoms with Gasteiger partial charge in [-0.2, -0.15) is 4.52 Å². The fourth-order valence-corrected chi connectivity index (χ4v) is 3.28. The molecule has 4 heterocycles. The molecule has 0 unspecified atom stereocenters. The molecule has 0 aliphatic carbocycles. The third-order valence-electron chi connectivity index (χ3n) is 4.91. The summed E-state index contributed by atoms with van der Waals surface area (Å²) in [6, 6.07) is 17.8. The summed E-state index contributed by atoms with van der Waals surface area (Å²) in [6.45, 7) is 0.270. The lowest BCUT2D eigenvalue weighted by molar-refractivity contribution is -0.121. The lowest BCUT2D eigenvalue weighted by Gasteiger charge is -2.09. The maximum absolute atomic E-state index is 12.3. The molecule has 1 aromatic carbocycles. The Kier molecular flexibility index (Phi) is 5.80. The first-order chi connectivity index (χ1) is 16.7. The van der Waals surface area contributed by atoms with E-state index in [2.05, 4.69) is 25.6 Å². The molecule has 0 radical (unpaired) electrons. The van der Waals surface area contributed by atoms with Crippen molar-refractivity contribution in [2.24, 2.45) is 0 Å². The van der Waals surface area contributed by atoms with Crippen molar-refractivity contribution in [3.63, 3.8) is 0 Å². The first-order valence-corrected chi connectivity index (χ1v) is 10.4. The molecule has 1 N–H and O–H groups in total. The number of amides is 1. The van der Waals surface area contributed by atoms with Crippen LogP contribution in [-0.4, -0.2) is 48.4 Å². The highest BCUT2D eigenvalue weighted by molar-refractivity contribution is 5.75. The third kappa shape index (κ3) is 4.53. The molecule has 0 saturated heterocycles. The zero-order chi connectivity index (χ0) is 23.3. The van der Waals surface area contributed by atoms with Gasteiger partial charge in [-0.05, 0) is 18.2 Å². The van der Waals surface area contributed by atoms with Gasteiger partial charge in [-0.3, -0.25) is 14.2 Å². The van der Waals surface area contributed by atoms with E-state index in [1.807, 2.05) is 30.3 Å². The van der Waals surface area contributed by atoms with Crippen molar-refractivity contribution in [3.05, 3.63) is 83.6 Å². The first-order valence-electron chi connectivity index (χ1n) is 10.4. The van der Waals surface area contributed by atoms with Crippen molar-refractivity contribution in [2.75, 3.05) is 13.2 Å². The lowest BCUT2D eigenvalue weighted by atomic mass is 10.2. The molecule has 0 saturated carbocycles. The minimum atomic E-state index is -0.353. The Morgan fingerprint density at radius 3 is 2.74 bits per heavy atom. The summed E-state index contributed by atoms with van der Waals surface area (Å²) in [5.74, 6) is 1.12. The Morgan fingerprint density at radius 2 is 1.94 bits per heavy atom. The van der Waals surface area contributed by atoms with Crippen LogP contribution in [0.4, 0.5) is 0 Å². The Morgan fingerprint density at radius 1 is 1.06 bits per heavy atom. The van der Waals surface area contributed by atoms with Gasteiger partial charge < -0.3 is 14.5 Å². The summed E-state index contributed by atoms with van der Waals surface area (Å²) in [7, 11) is 0. The van der Waals surface area contributed by atoms with Gasteiger partial charge in [0.1, 0.15) is 18.8 Å². The Labute approximate surface area is 192 Å². The molecule has 0 atom stereocenters. The van der Waals surface area contributed by atoms with Gasteiger partial charge in [0.25, 0.3) is 5.56 Å². The molecular formula is C23H19N7O4. The van der Waals surface area contributed by atoms with Gasteiger partial charge in [-0.25, -0.2) is 4.98 Å². The zero-order valence-electron chi connectivity index (χ0n) is 17.9. The zero-order valence-corrected chi connectivity index (χ0v) is 17.9. The van der Waals surface area contributed by atoms with Crippen LogP contribution in [0.5, 0.6) is 5.88 Å². The van der Waals surface area contributed by atoms with E-state index < -0.39 is 0 Å². The van der Waals surface area contributed by atoms with Crippen molar-refractivity contribution < 1.29 is 13.9 Å². The van der Waals surface area contributed by atoms with Crippen molar-refractivity contribution >= 4 is 11.6 Å². The van der Waals surface area contributed by atoms with E-state index in [9.17, 15) is 9.59 Å². The van der Waals surface area contributed by atoms with Crippen LogP contribution in [0.25, 0.3) is 28.5 Å². The van der Waals surface area contributed by atoms with Crippen LogP contribution in [0.15, 0.2) is 82.5 Å². The minimum Gasteiger partial charge on any atom is -0.475 e. The normalized spacial score (nSPS) is 10.9. The number of hydrogen-bond donors (Lipinski definition) is 1. The number of rotatable bonds is 8. The Balaban J connectivity index is 1.15. The number of hydrogen-bond acceptors (Lipinski definition) is 8. The number of carbonyl (C=O) groups excluding carboxylic acids is 1. The second kappa shape index (κ2) is 9.36. The SMILES string of the molecule is O=C(Cn1cnc(-c2ccco2)cc1=O)NCCOc1ccc2nnc(-c3ccccc3)n2n1. The highest BCUT2D eigenvalue weighted by Gasteiger charge is 2.11. The molecule has 5 rings (SSSR count). The summed E-state index contributed by atoms with van der Waals surface area (Å²) in [5, 5.41) is 15.5.